The third-order valence-electron chi connectivity index (χ3n) is 5.02. The first kappa shape index (κ1) is 20.9. The van der Waals surface area contributed by atoms with E-state index in [-0.39, 0.29) is 22.8 Å². The normalized spacial score (nSPS) is 17.7. The molecule has 0 bridgehead atoms. The molecule has 29 heavy (non-hydrogen) atoms. The summed E-state index contributed by atoms with van der Waals surface area (Å²) in [5.74, 6) is -0.995. The predicted molar refractivity (Wildman–Crippen MR) is 109 cm³/mol. The Hall–Kier alpha value is -2.78. The number of carbonyl (C=O) groups is 1. The van der Waals surface area contributed by atoms with E-state index in [4.69, 9.17) is 0 Å². The molecular formula is C20H23N3O5S. The lowest BCUT2D eigenvalue weighted by Gasteiger charge is -2.31. The Morgan fingerprint density at radius 1 is 1.14 bits per heavy atom. The maximum absolute atomic E-state index is 12.9. The Kier molecular flexibility index (Phi) is 5.99. The van der Waals surface area contributed by atoms with Gasteiger partial charge < -0.3 is 5.32 Å². The van der Waals surface area contributed by atoms with Crippen LogP contribution in [0.25, 0.3) is 0 Å². The van der Waals surface area contributed by atoms with Gasteiger partial charge in [0.15, 0.2) is 0 Å². The minimum absolute atomic E-state index is 0.0434. The summed E-state index contributed by atoms with van der Waals surface area (Å²) < 4.78 is 27.1. The molecule has 0 spiro atoms. The van der Waals surface area contributed by atoms with E-state index >= 15 is 0 Å². The van der Waals surface area contributed by atoms with Crippen LogP contribution in [-0.2, 0) is 14.8 Å². The number of hydrogen-bond donors (Lipinski definition) is 1. The van der Waals surface area contributed by atoms with Crippen molar-refractivity contribution in [2.45, 2.75) is 31.6 Å². The minimum Gasteiger partial charge on any atom is -0.320 e. The maximum Gasteiger partial charge on any atom is 0.293 e. The van der Waals surface area contributed by atoms with Crippen molar-refractivity contribution in [2.24, 2.45) is 5.92 Å². The molecule has 8 nitrogen and oxygen atoms in total. The quantitative estimate of drug-likeness (QED) is 0.593. The van der Waals surface area contributed by atoms with Crippen LogP contribution in [0.1, 0.15) is 24.0 Å². The number of nitrogens with zero attached hydrogens (tertiary/aromatic N) is 2. The summed E-state index contributed by atoms with van der Waals surface area (Å²) >= 11 is 0. The summed E-state index contributed by atoms with van der Waals surface area (Å²) in [5.41, 5.74) is 1.60. The van der Waals surface area contributed by atoms with Gasteiger partial charge in [-0.2, -0.15) is 4.31 Å². The maximum atomic E-state index is 12.9. The molecule has 3 rings (SSSR count). The van der Waals surface area contributed by atoms with Crippen LogP contribution in [0.5, 0.6) is 0 Å². The number of benzene rings is 2. The van der Waals surface area contributed by atoms with E-state index in [1.54, 1.807) is 37.3 Å². The molecule has 1 amide bonds. The summed E-state index contributed by atoms with van der Waals surface area (Å²) in [7, 11) is -3.70. The number of sulfonamides is 1. The van der Waals surface area contributed by atoms with Crippen LogP contribution in [0, 0.1) is 29.9 Å². The van der Waals surface area contributed by atoms with Gasteiger partial charge in [0.25, 0.3) is 5.69 Å². The Balaban J connectivity index is 1.76. The molecule has 0 aromatic heterocycles. The van der Waals surface area contributed by atoms with E-state index in [0.717, 1.165) is 5.56 Å². The van der Waals surface area contributed by atoms with Gasteiger partial charge >= 0.3 is 0 Å². The van der Waals surface area contributed by atoms with E-state index in [0.29, 0.717) is 24.9 Å². The fourth-order valence-electron chi connectivity index (χ4n) is 3.37. The highest BCUT2D eigenvalue weighted by atomic mass is 32.2. The van der Waals surface area contributed by atoms with Crippen molar-refractivity contribution in [1.29, 1.82) is 0 Å². The molecule has 9 heteroatoms. The summed E-state index contributed by atoms with van der Waals surface area (Å²) in [4.78, 5) is 23.6. The van der Waals surface area contributed by atoms with Crippen LogP contribution in [-0.4, -0.2) is 36.6 Å². The van der Waals surface area contributed by atoms with Gasteiger partial charge in [0.2, 0.25) is 15.9 Å². The average Bonchev–Trinajstić information content (AvgIpc) is 2.69. The van der Waals surface area contributed by atoms with Crippen molar-refractivity contribution in [3.8, 4) is 0 Å². The zero-order valence-electron chi connectivity index (χ0n) is 16.3. The zero-order valence-corrected chi connectivity index (χ0v) is 17.1. The van der Waals surface area contributed by atoms with Gasteiger partial charge in [-0.15, -0.1) is 0 Å². The highest BCUT2D eigenvalue weighted by Gasteiger charge is 2.33. The fourth-order valence-corrected chi connectivity index (χ4v) is 4.89. The molecule has 2 aromatic carbocycles. The van der Waals surface area contributed by atoms with Crippen molar-refractivity contribution < 1.29 is 18.1 Å². The second-order valence-corrected chi connectivity index (χ2v) is 9.22. The first-order valence-corrected chi connectivity index (χ1v) is 10.8. The summed E-state index contributed by atoms with van der Waals surface area (Å²) in [6.45, 7) is 3.99. The minimum atomic E-state index is -3.70. The summed E-state index contributed by atoms with van der Waals surface area (Å²) in [6.07, 6.45) is 1.06. The van der Waals surface area contributed by atoms with Gasteiger partial charge in [-0.05, 0) is 50.5 Å². The summed E-state index contributed by atoms with van der Waals surface area (Å²) in [6, 6.07) is 11.2. The number of anilines is 1. The molecule has 2 aromatic rings. The number of nitrogens with one attached hydrogen (secondary N) is 1. The zero-order chi connectivity index (χ0) is 21.2. The van der Waals surface area contributed by atoms with Gasteiger partial charge in [0.1, 0.15) is 5.69 Å². The Labute approximate surface area is 169 Å². The van der Waals surface area contributed by atoms with E-state index < -0.39 is 26.8 Å². The molecule has 1 aliphatic rings. The number of piperidine rings is 1. The van der Waals surface area contributed by atoms with Crippen LogP contribution in [0.4, 0.5) is 11.4 Å². The number of hydrogen-bond acceptors (Lipinski definition) is 5. The molecule has 1 atom stereocenters. The van der Waals surface area contributed by atoms with E-state index in [1.165, 1.54) is 16.4 Å². The van der Waals surface area contributed by atoms with Gasteiger partial charge in [0, 0.05) is 19.2 Å². The monoisotopic (exact) mass is 417 g/mol. The van der Waals surface area contributed by atoms with Crippen LogP contribution >= 0.6 is 0 Å². The highest BCUT2D eigenvalue weighted by molar-refractivity contribution is 7.89. The molecule has 0 saturated carbocycles. The number of carbonyl (C=O) groups excluding carboxylic acids is 1. The lowest BCUT2D eigenvalue weighted by molar-refractivity contribution is -0.384. The van der Waals surface area contributed by atoms with E-state index in [2.05, 4.69) is 5.32 Å². The molecule has 154 valence electrons. The summed E-state index contributed by atoms with van der Waals surface area (Å²) in [5, 5.41) is 13.9. The molecule has 1 heterocycles. The lowest BCUT2D eigenvalue weighted by atomic mass is 9.98. The number of rotatable bonds is 5. The molecule has 0 radical (unpaired) electrons. The number of nitro groups is 1. The second kappa shape index (κ2) is 8.30. The first-order valence-electron chi connectivity index (χ1n) is 9.31. The Morgan fingerprint density at radius 3 is 2.45 bits per heavy atom. The fraction of sp³-hybridized carbons (Fsp3) is 0.350. The Bertz CT molecular complexity index is 1030. The second-order valence-electron chi connectivity index (χ2n) is 7.28. The van der Waals surface area contributed by atoms with Crippen molar-refractivity contribution in [2.75, 3.05) is 18.4 Å². The SMILES string of the molecule is Cc1ccc(S(=O)(=O)N2CCC[C@@H](C(=O)Nc3ccc(C)cc3[N+](=O)[O-])C2)cc1. The number of amides is 1. The van der Waals surface area contributed by atoms with Crippen LogP contribution in [0.15, 0.2) is 47.4 Å². The first-order chi connectivity index (χ1) is 13.7. The largest absolute Gasteiger partial charge is 0.320 e. The predicted octanol–water partition coefficient (Wildman–Crippen LogP) is 3.25. The van der Waals surface area contributed by atoms with Crippen LogP contribution < -0.4 is 5.32 Å². The molecule has 0 aliphatic carbocycles. The standard InChI is InChI=1S/C20H23N3O5S/c1-14-5-8-17(9-6-14)29(27,28)22-11-3-4-16(13-22)20(24)21-18-10-7-15(2)12-19(18)23(25)26/h5-10,12,16H,3-4,11,13H2,1-2H3,(H,21,24)/t16-/m1/s1. The molecular weight excluding hydrogens is 394 g/mol. The smallest absolute Gasteiger partial charge is 0.293 e. The molecule has 0 unspecified atom stereocenters. The number of nitro benzene ring substituents is 1. The van der Waals surface area contributed by atoms with Gasteiger partial charge in [-0.3, -0.25) is 14.9 Å². The van der Waals surface area contributed by atoms with Crippen molar-refractivity contribution in [1.82, 2.24) is 4.31 Å². The van der Waals surface area contributed by atoms with Crippen molar-refractivity contribution in [3.05, 3.63) is 63.7 Å². The lowest BCUT2D eigenvalue weighted by Crippen LogP contribution is -2.43. The molecule has 1 fully saturated rings. The van der Waals surface area contributed by atoms with Gasteiger partial charge in [0.05, 0.1) is 15.7 Å². The third kappa shape index (κ3) is 4.63. The van der Waals surface area contributed by atoms with Gasteiger partial charge in [-0.25, -0.2) is 8.42 Å². The molecule has 1 N–H and O–H groups in total. The number of aryl methyl sites for hydroxylation is 2. The van der Waals surface area contributed by atoms with Crippen LogP contribution in [0.2, 0.25) is 0 Å². The van der Waals surface area contributed by atoms with Crippen molar-refractivity contribution in [3.63, 3.8) is 0 Å². The third-order valence-corrected chi connectivity index (χ3v) is 6.90. The molecule has 1 saturated heterocycles. The van der Waals surface area contributed by atoms with Crippen molar-refractivity contribution >= 4 is 27.3 Å². The van der Waals surface area contributed by atoms with E-state index in [9.17, 15) is 23.3 Å². The topological polar surface area (TPSA) is 110 Å². The molecule has 1 aliphatic heterocycles. The highest BCUT2D eigenvalue weighted by Crippen LogP contribution is 2.28. The van der Waals surface area contributed by atoms with E-state index in [1.807, 2.05) is 6.92 Å². The Morgan fingerprint density at radius 2 is 1.79 bits per heavy atom. The average molecular weight is 417 g/mol. The van der Waals surface area contributed by atoms with Crippen LogP contribution in [0.3, 0.4) is 0 Å². The van der Waals surface area contributed by atoms with Gasteiger partial charge in [-0.1, -0.05) is 23.8 Å².